The van der Waals surface area contributed by atoms with Crippen molar-refractivity contribution in [2.24, 2.45) is 0 Å². The molecular weight excluding hydrogens is 475 g/mol. The van der Waals surface area contributed by atoms with Crippen LogP contribution in [0.1, 0.15) is 11.4 Å². The van der Waals surface area contributed by atoms with E-state index in [1.807, 2.05) is 32.0 Å². The van der Waals surface area contributed by atoms with E-state index in [0.29, 0.717) is 5.02 Å². The molecule has 0 saturated heterocycles. The second-order valence-corrected chi connectivity index (χ2v) is 7.74. The molecule has 0 radical (unpaired) electrons. The van der Waals surface area contributed by atoms with Crippen molar-refractivity contribution in [2.45, 2.75) is 13.8 Å². The van der Waals surface area contributed by atoms with Crippen molar-refractivity contribution in [3.8, 4) is 28.1 Å². The highest BCUT2D eigenvalue weighted by molar-refractivity contribution is 14.1. The molecule has 7 heteroatoms. The number of aromatic nitrogens is 4. The summed E-state index contributed by atoms with van der Waals surface area (Å²) in [5.41, 5.74) is 5.47. The van der Waals surface area contributed by atoms with Gasteiger partial charge in [0.1, 0.15) is 17.2 Å². The van der Waals surface area contributed by atoms with Gasteiger partial charge in [0.15, 0.2) is 0 Å². The van der Waals surface area contributed by atoms with E-state index >= 15 is 0 Å². The van der Waals surface area contributed by atoms with Gasteiger partial charge in [0.2, 0.25) is 0 Å². The second kappa shape index (κ2) is 7.09. The summed E-state index contributed by atoms with van der Waals surface area (Å²) in [6.07, 6.45) is 5.38. The van der Waals surface area contributed by atoms with Crippen LogP contribution in [-0.4, -0.2) is 27.0 Å². The third-order valence-corrected chi connectivity index (χ3v) is 5.84. The Kier molecular flexibility index (Phi) is 4.77. The van der Waals surface area contributed by atoms with E-state index in [4.69, 9.17) is 16.3 Å². The number of aromatic amines is 1. The topological polar surface area (TPSA) is 63.7 Å². The van der Waals surface area contributed by atoms with E-state index in [9.17, 15) is 0 Å². The average Bonchev–Trinajstić information content (AvgIpc) is 3.09. The van der Waals surface area contributed by atoms with Crippen molar-refractivity contribution in [2.75, 3.05) is 7.11 Å². The molecule has 4 rings (SSSR count). The minimum absolute atomic E-state index is 0.657. The fourth-order valence-corrected chi connectivity index (χ4v) is 4.28. The number of aryl methyl sites for hydroxylation is 1. The molecular formula is C20H16ClIN4O. The average molecular weight is 491 g/mol. The molecule has 136 valence electrons. The number of halogens is 2. The Morgan fingerprint density at radius 2 is 1.81 bits per heavy atom. The van der Waals surface area contributed by atoms with Gasteiger partial charge >= 0.3 is 0 Å². The number of ether oxygens (including phenoxy) is 1. The molecule has 0 fully saturated rings. The van der Waals surface area contributed by atoms with E-state index in [2.05, 4.69) is 42.5 Å². The molecule has 3 heterocycles. The van der Waals surface area contributed by atoms with Crippen LogP contribution in [-0.2, 0) is 0 Å². The zero-order valence-electron chi connectivity index (χ0n) is 15.0. The number of methoxy groups -OCH3 is 1. The summed E-state index contributed by atoms with van der Waals surface area (Å²) in [5.74, 6) is 1.56. The molecule has 1 aromatic carbocycles. The number of H-pyrrole nitrogens is 1. The Hall–Kier alpha value is -2.19. The maximum absolute atomic E-state index is 6.81. The van der Waals surface area contributed by atoms with Crippen LogP contribution in [0, 0.1) is 17.4 Å². The maximum Gasteiger partial charge on any atom is 0.139 e. The highest BCUT2D eigenvalue weighted by atomic mass is 127. The molecule has 1 N–H and O–H groups in total. The number of nitrogens with zero attached hydrogens (tertiary/aromatic N) is 3. The standard InChI is InChI=1S/C20H16ClIN4O/c1-10-17(27-3)5-4-15(22)18(10)14-9-25-20-13(19(14)21)6-16(26-20)12-7-23-11(2)24-8-12/h4-9H,1-3H3,(H,25,26). The first kappa shape index (κ1) is 18.2. The van der Waals surface area contributed by atoms with Gasteiger partial charge < -0.3 is 9.72 Å². The van der Waals surface area contributed by atoms with Crippen molar-refractivity contribution in [1.29, 1.82) is 0 Å². The summed E-state index contributed by atoms with van der Waals surface area (Å²) in [5, 5.41) is 1.52. The molecule has 0 saturated carbocycles. The third kappa shape index (κ3) is 3.17. The summed E-state index contributed by atoms with van der Waals surface area (Å²) in [6.45, 7) is 3.89. The van der Waals surface area contributed by atoms with Crippen LogP contribution in [0.15, 0.2) is 36.8 Å². The van der Waals surface area contributed by atoms with E-state index < -0.39 is 0 Å². The van der Waals surface area contributed by atoms with Gasteiger partial charge in [-0.2, -0.15) is 0 Å². The lowest BCUT2D eigenvalue weighted by Crippen LogP contribution is -1.95. The molecule has 27 heavy (non-hydrogen) atoms. The number of rotatable bonds is 3. The maximum atomic E-state index is 6.81. The molecule has 0 unspecified atom stereocenters. The molecule has 0 spiro atoms. The number of nitrogens with one attached hydrogen (secondary N) is 1. The van der Waals surface area contributed by atoms with Gasteiger partial charge in [0.05, 0.1) is 17.8 Å². The van der Waals surface area contributed by atoms with Gasteiger partial charge in [-0.15, -0.1) is 0 Å². The number of hydrogen-bond donors (Lipinski definition) is 1. The Labute approximate surface area is 175 Å². The summed E-state index contributed by atoms with van der Waals surface area (Å²) >= 11 is 9.12. The number of benzene rings is 1. The van der Waals surface area contributed by atoms with Crippen molar-refractivity contribution >= 4 is 45.2 Å². The lowest BCUT2D eigenvalue weighted by molar-refractivity contribution is 0.412. The van der Waals surface area contributed by atoms with Gasteiger partial charge in [-0.25, -0.2) is 15.0 Å². The van der Waals surface area contributed by atoms with Crippen LogP contribution >= 0.6 is 34.2 Å². The molecule has 0 amide bonds. The lowest BCUT2D eigenvalue weighted by Gasteiger charge is -2.14. The SMILES string of the molecule is COc1ccc(I)c(-c2cnc3[nH]c(-c4cnc(C)nc4)cc3c2Cl)c1C. The smallest absolute Gasteiger partial charge is 0.139 e. The highest BCUT2D eigenvalue weighted by Crippen LogP contribution is 2.40. The van der Waals surface area contributed by atoms with Crippen LogP contribution < -0.4 is 4.74 Å². The predicted molar refractivity (Wildman–Crippen MR) is 116 cm³/mol. The summed E-state index contributed by atoms with van der Waals surface area (Å²) in [6, 6.07) is 5.98. The molecule has 4 aromatic rings. The second-order valence-electron chi connectivity index (χ2n) is 6.20. The monoisotopic (exact) mass is 490 g/mol. The van der Waals surface area contributed by atoms with Gasteiger partial charge in [0.25, 0.3) is 0 Å². The fourth-order valence-electron chi connectivity index (χ4n) is 3.12. The molecule has 0 aliphatic heterocycles. The van der Waals surface area contributed by atoms with Crippen LogP contribution in [0.2, 0.25) is 5.02 Å². The van der Waals surface area contributed by atoms with Crippen LogP contribution in [0.4, 0.5) is 0 Å². The fraction of sp³-hybridized carbons (Fsp3) is 0.150. The van der Waals surface area contributed by atoms with Gasteiger partial charge in [0, 0.05) is 44.2 Å². The van der Waals surface area contributed by atoms with Gasteiger partial charge in [-0.1, -0.05) is 11.6 Å². The normalized spacial score (nSPS) is 11.1. The summed E-state index contributed by atoms with van der Waals surface area (Å²) in [4.78, 5) is 16.4. The van der Waals surface area contributed by atoms with E-state index in [0.717, 1.165) is 54.1 Å². The Morgan fingerprint density at radius 3 is 2.52 bits per heavy atom. The largest absolute Gasteiger partial charge is 0.496 e. The number of hydrogen-bond acceptors (Lipinski definition) is 4. The molecule has 0 atom stereocenters. The van der Waals surface area contributed by atoms with E-state index in [-0.39, 0.29) is 0 Å². The summed E-state index contributed by atoms with van der Waals surface area (Å²) < 4.78 is 6.57. The lowest BCUT2D eigenvalue weighted by atomic mass is 10.0. The molecule has 0 bridgehead atoms. The highest BCUT2D eigenvalue weighted by Gasteiger charge is 2.18. The molecule has 3 aromatic heterocycles. The van der Waals surface area contributed by atoms with Crippen LogP contribution in [0.5, 0.6) is 5.75 Å². The Morgan fingerprint density at radius 1 is 1.07 bits per heavy atom. The quantitative estimate of drug-likeness (QED) is 0.381. The van der Waals surface area contributed by atoms with Crippen molar-refractivity contribution in [1.82, 2.24) is 19.9 Å². The van der Waals surface area contributed by atoms with Crippen molar-refractivity contribution < 1.29 is 4.74 Å². The first-order valence-corrected chi connectivity index (χ1v) is 9.75. The first-order valence-electron chi connectivity index (χ1n) is 8.29. The molecule has 0 aliphatic carbocycles. The third-order valence-electron chi connectivity index (χ3n) is 4.54. The minimum atomic E-state index is 0.657. The van der Waals surface area contributed by atoms with Crippen molar-refractivity contribution in [3.05, 3.63) is 56.8 Å². The predicted octanol–water partition coefficient (Wildman–Crippen LogP) is 5.57. The summed E-state index contributed by atoms with van der Waals surface area (Å²) in [7, 11) is 1.67. The van der Waals surface area contributed by atoms with E-state index in [1.165, 1.54) is 0 Å². The van der Waals surface area contributed by atoms with E-state index in [1.54, 1.807) is 25.7 Å². The zero-order valence-corrected chi connectivity index (χ0v) is 17.9. The minimum Gasteiger partial charge on any atom is -0.496 e. The molecule has 0 aliphatic rings. The zero-order chi connectivity index (χ0) is 19.1. The first-order chi connectivity index (χ1) is 13.0. The number of fused-ring (bicyclic) bond motifs is 1. The Balaban J connectivity index is 1.90. The van der Waals surface area contributed by atoms with Crippen LogP contribution in [0.3, 0.4) is 0 Å². The number of pyridine rings is 1. The Bertz CT molecular complexity index is 1160. The van der Waals surface area contributed by atoms with Gasteiger partial charge in [-0.05, 0) is 60.2 Å². The van der Waals surface area contributed by atoms with Gasteiger partial charge in [-0.3, -0.25) is 0 Å². The molecule has 5 nitrogen and oxygen atoms in total. The van der Waals surface area contributed by atoms with Crippen molar-refractivity contribution in [3.63, 3.8) is 0 Å². The van der Waals surface area contributed by atoms with Crippen LogP contribution in [0.25, 0.3) is 33.4 Å².